The van der Waals surface area contributed by atoms with Gasteiger partial charge < -0.3 is 5.02 Å². The van der Waals surface area contributed by atoms with E-state index in [0.29, 0.717) is 0 Å². The standard InChI is InChI=1S/C8H11BFNO3S/c1-9(12)11(2)15(13,14)8-5-3-7(10)4-6-8/h3-6,12H,1-2H3. The van der Waals surface area contributed by atoms with Gasteiger partial charge in [0.1, 0.15) is 5.82 Å². The molecule has 0 aliphatic carbocycles. The molecule has 0 radical (unpaired) electrons. The Labute approximate surface area is 88.5 Å². The number of rotatable bonds is 3. The van der Waals surface area contributed by atoms with Crippen molar-refractivity contribution in [2.45, 2.75) is 11.7 Å². The van der Waals surface area contributed by atoms with Gasteiger partial charge in [0.05, 0.1) is 4.90 Å². The average Bonchev–Trinajstić information content (AvgIpc) is 2.17. The van der Waals surface area contributed by atoms with E-state index in [1.807, 2.05) is 0 Å². The van der Waals surface area contributed by atoms with Gasteiger partial charge in [-0.25, -0.2) is 17.0 Å². The smallest absolute Gasteiger partial charge is 0.390 e. The van der Waals surface area contributed by atoms with Crippen LogP contribution in [0.2, 0.25) is 6.82 Å². The van der Waals surface area contributed by atoms with Gasteiger partial charge in [0.15, 0.2) is 0 Å². The van der Waals surface area contributed by atoms with Gasteiger partial charge in [-0.15, -0.1) is 0 Å². The average molecular weight is 231 g/mol. The first-order chi connectivity index (χ1) is 6.85. The summed E-state index contributed by atoms with van der Waals surface area (Å²) in [5.74, 6) is -0.506. The highest BCUT2D eigenvalue weighted by Gasteiger charge is 2.26. The normalized spacial score (nSPS) is 11.8. The molecule has 1 aromatic carbocycles. The van der Waals surface area contributed by atoms with Gasteiger partial charge in [-0.05, 0) is 38.1 Å². The van der Waals surface area contributed by atoms with Crippen LogP contribution >= 0.6 is 0 Å². The van der Waals surface area contributed by atoms with E-state index in [-0.39, 0.29) is 4.90 Å². The molecule has 1 N–H and O–H groups in total. The third kappa shape index (κ3) is 2.56. The van der Waals surface area contributed by atoms with Crippen LogP contribution in [-0.4, -0.2) is 31.8 Å². The van der Waals surface area contributed by atoms with E-state index in [0.717, 1.165) is 28.5 Å². The van der Waals surface area contributed by atoms with Crippen LogP contribution in [0, 0.1) is 5.82 Å². The molecule has 82 valence electrons. The molecule has 1 rings (SSSR count). The Balaban J connectivity index is 3.12. The van der Waals surface area contributed by atoms with Crippen molar-refractivity contribution < 1.29 is 17.8 Å². The van der Waals surface area contributed by atoms with Gasteiger partial charge in [-0.2, -0.15) is 0 Å². The SMILES string of the molecule is CB(O)N(C)S(=O)(=O)c1ccc(F)cc1. The first-order valence-corrected chi connectivity index (χ1v) is 5.71. The molecule has 0 aromatic heterocycles. The number of hydrogen-bond acceptors (Lipinski definition) is 3. The third-order valence-corrected chi connectivity index (χ3v) is 3.95. The van der Waals surface area contributed by atoms with E-state index < -0.39 is 22.9 Å². The Morgan fingerprint density at radius 2 is 1.80 bits per heavy atom. The lowest BCUT2D eigenvalue weighted by Crippen LogP contribution is -2.38. The lowest BCUT2D eigenvalue weighted by atomic mass is 9.90. The fraction of sp³-hybridized carbons (Fsp3) is 0.250. The first-order valence-electron chi connectivity index (χ1n) is 4.27. The van der Waals surface area contributed by atoms with Crippen molar-refractivity contribution in [3.8, 4) is 0 Å². The van der Waals surface area contributed by atoms with E-state index in [4.69, 9.17) is 5.02 Å². The molecular weight excluding hydrogens is 220 g/mol. The molecule has 0 bridgehead atoms. The van der Waals surface area contributed by atoms with Gasteiger partial charge in [0.25, 0.3) is 0 Å². The molecule has 0 fully saturated rings. The summed E-state index contributed by atoms with van der Waals surface area (Å²) in [6, 6.07) is 4.43. The molecular formula is C8H11BFNO3S. The van der Waals surface area contributed by atoms with Crippen LogP contribution in [0.5, 0.6) is 0 Å². The molecule has 0 amide bonds. The second-order valence-electron chi connectivity index (χ2n) is 3.11. The number of halogens is 1. The summed E-state index contributed by atoms with van der Waals surface area (Å²) < 4.78 is 36.8. The van der Waals surface area contributed by atoms with Crippen molar-refractivity contribution >= 4 is 17.1 Å². The molecule has 0 atom stereocenters. The summed E-state index contributed by atoms with van der Waals surface area (Å²) in [6.07, 6.45) is 0. The maximum Gasteiger partial charge on any atom is 0.390 e. The van der Waals surface area contributed by atoms with Gasteiger partial charge in [-0.3, -0.25) is 0 Å². The number of sulfonamides is 1. The fourth-order valence-corrected chi connectivity index (χ4v) is 2.19. The minimum atomic E-state index is -3.74. The molecule has 0 heterocycles. The molecule has 1 aromatic rings. The second-order valence-corrected chi connectivity index (χ2v) is 5.10. The molecule has 0 spiro atoms. The summed E-state index contributed by atoms with van der Waals surface area (Å²) in [4.78, 5) is -0.0488. The molecule has 7 heteroatoms. The second kappa shape index (κ2) is 4.30. The Morgan fingerprint density at radius 3 is 2.20 bits per heavy atom. The predicted octanol–water partition coefficient (Wildman–Crippen LogP) is 0.556. The predicted molar refractivity (Wildman–Crippen MR) is 55.2 cm³/mol. The van der Waals surface area contributed by atoms with Gasteiger partial charge >= 0.3 is 7.05 Å². The number of nitrogens with zero attached hydrogens (tertiary/aromatic N) is 1. The molecule has 0 saturated carbocycles. The molecule has 0 aliphatic rings. The van der Waals surface area contributed by atoms with Crippen LogP contribution in [-0.2, 0) is 10.0 Å². The largest absolute Gasteiger partial charge is 0.437 e. The van der Waals surface area contributed by atoms with E-state index in [1.54, 1.807) is 0 Å². The van der Waals surface area contributed by atoms with Gasteiger partial charge in [-0.1, -0.05) is 0 Å². The lowest BCUT2D eigenvalue weighted by Gasteiger charge is -2.17. The Kier molecular flexibility index (Phi) is 3.48. The zero-order chi connectivity index (χ0) is 11.6. The van der Waals surface area contributed by atoms with Crippen LogP contribution < -0.4 is 0 Å². The zero-order valence-electron chi connectivity index (χ0n) is 8.38. The van der Waals surface area contributed by atoms with E-state index in [1.165, 1.54) is 13.9 Å². The summed E-state index contributed by atoms with van der Waals surface area (Å²) in [6.45, 7) is 1.33. The topological polar surface area (TPSA) is 57.6 Å². The van der Waals surface area contributed by atoms with Crippen molar-refractivity contribution in [2.75, 3.05) is 7.05 Å². The van der Waals surface area contributed by atoms with E-state index >= 15 is 0 Å². The fourth-order valence-electron chi connectivity index (χ4n) is 0.974. The van der Waals surface area contributed by atoms with E-state index in [9.17, 15) is 12.8 Å². The summed E-state index contributed by atoms with van der Waals surface area (Å²) >= 11 is 0. The summed E-state index contributed by atoms with van der Waals surface area (Å²) in [5, 5.41) is 9.15. The highest BCUT2D eigenvalue weighted by atomic mass is 32.2. The van der Waals surface area contributed by atoms with Crippen LogP contribution in [0.25, 0.3) is 0 Å². The summed E-state index contributed by atoms with van der Waals surface area (Å²) in [5.41, 5.74) is 0. The van der Waals surface area contributed by atoms with Crippen LogP contribution in [0.4, 0.5) is 4.39 Å². The first kappa shape index (κ1) is 12.2. The zero-order valence-corrected chi connectivity index (χ0v) is 9.20. The van der Waals surface area contributed by atoms with Crippen LogP contribution in [0.15, 0.2) is 29.2 Å². The quantitative estimate of drug-likeness (QED) is 0.773. The van der Waals surface area contributed by atoms with Crippen molar-refractivity contribution in [3.05, 3.63) is 30.1 Å². The van der Waals surface area contributed by atoms with Crippen LogP contribution in [0.3, 0.4) is 0 Å². The monoisotopic (exact) mass is 231 g/mol. The third-order valence-electron chi connectivity index (χ3n) is 2.02. The van der Waals surface area contributed by atoms with Gasteiger partial charge in [0, 0.05) is 0 Å². The maximum atomic E-state index is 12.6. The highest BCUT2D eigenvalue weighted by molar-refractivity contribution is 7.90. The van der Waals surface area contributed by atoms with Crippen molar-refractivity contribution in [3.63, 3.8) is 0 Å². The Morgan fingerprint density at radius 1 is 1.33 bits per heavy atom. The Hall–Kier alpha value is -0.915. The lowest BCUT2D eigenvalue weighted by molar-refractivity contribution is 0.492. The van der Waals surface area contributed by atoms with E-state index in [2.05, 4.69) is 0 Å². The Bertz CT molecular complexity index is 432. The minimum absolute atomic E-state index is 0.0488. The molecule has 0 saturated heterocycles. The molecule has 0 unspecified atom stereocenters. The maximum absolute atomic E-state index is 12.6. The van der Waals surface area contributed by atoms with Crippen molar-refractivity contribution in [1.82, 2.24) is 4.22 Å². The molecule has 4 nitrogen and oxygen atoms in total. The molecule has 0 aliphatic heterocycles. The molecule has 15 heavy (non-hydrogen) atoms. The number of benzene rings is 1. The highest BCUT2D eigenvalue weighted by Crippen LogP contribution is 2.14. The van der Waals surface area contributed by atoms with Crippen molar-refractivity contribution in [1.29, 1.82) is 0 Å². The van der Waals surface area contributed by atoms with Crippen molar-refractivity contribution in [2.24, 2.45) is 0 Å². The van der Waals surface area contributed by atoms with Gasteiger partial charge in [0.2, 0.25) is 10.0 Å². The van der Waals surface area contributed by atoms with Crippen LogP contribution in [0.1, 0.15) is 0 Å². The number of hydrogen-bond donors (Lipinski definition) is 1. The minimum Gasteiger partial charge on any atom is -0.437 e. The summed E-state index contributed by atoms with van der Waals surface area (Å²) in [7, 11) is -3.61.